The van der Waals surface area contributed by atoms with E-state index in [4.69, 9.17) is 5.73 Å². The zero-order chi connectivity index (χ0) is 9.80. The van der Waals surface area contributed by atoms with Crippen LogP contribution >= 0.6 is 0 Å². The lowest BCUT2D eigenvalue weighted by molar-refractivity contribution is 0.702. The molecule has 0 radical (unpaired) electrons. The summed E-state index contributed by atoms with van der Waals surface area (Å²) in [4.78, 5) is 3.13. The van der Waals surface area contributed by atoms with E-state index in [9.17, 15) is 0 Å². The zero-order valence-corrected chi connectivity index (χ0v) is 7.98. The molecule has 0 aliphatic heterocycles. The molecule has 72 valence electrons. The lowest BCUT2D eigenvalue weighted by atomic mass is 10.0. The van der Waals surface area contributed by atoms with Crippen molar-refractivity contribution in [2.24, 2.45) is 5.73 Å². The molecule has 2 heteroatoms. The van der Waals surface area contributed by atoms with Crippen molar-refractivity contribution in [3.05, 3.63) is 59.9 Å². The van der Waals surface area contributed by atoms with Gasteiger partial charge in [0.1, 0.15) is 0 Å². The summed E-state index contributed by atoms with van der Waals surface area (Å²) in [5.41, 5.74) is 8.40. The quantitative estimate of drug-likeness (QED) is 0.758. The number of benzene rings is 1. The number of aromatic nitrogens is 1. The smallest absolute Gasteiger partial charge is 0.0488 e. The highest BCUT2D eigenvalue weighted by atomic mass is 14.8. The van der Waals surface area contributed by atoms with Crippen molar-refractivity contribution in [2.75, 3.05) is 0 Å². The number of nitrogens with two attached hydrogens (primary N) is 1. The van der Waals surface area contributed by atoms with Crippen LogP contribution in [0.5, 0.6) is 0 Å². The van der Waals surface area contributed by atoms with Crippen LogP contribution < -0.4 is 5.73 Å². The second kappa shape index (κ2) is 4.11. The lowest BCUT2D eigenvalue weighted by Crippen LogP contribution is -2.13. The molecule has 0 saturated heterocycles. The number of H-pyrrole nitrogens is 1. The van der Waals surface area contributed by atoms with Crippen molar-refractivity contribution in [3.63, 3.8) is 0 Å². The van der Waals surface area contributed by atoms with Gasteiger partial charge in [-0.1, -0.05) is 30.3 Å². The van der Waals surface area contributed by atoms with Crippen molar-refractivity contribution < 1.29 is 0 Å². The van der Waals surface area contributed by atoms with Gasteiger partial charge < -0.3 is 10.7 Å². The first-order valence-corrected chi connectivity index (χ1v) is 4.79. The first-order valence-electron chi connectivity index (χ1n) is 4.79. The van der Waals surface area contributed by atoms with Gasteiger partial charge in [0, 0.05) is 17.9 Å². The standard InChI is InChI=1S/C12H14N2/c13-11(12-7-4-8-14-12)9-10-5-2-1-3-6-10/h1-8,11,14H,9,13H2. The highest BCUT2D eigenvalue weighted by Crippen LogP contribution is 2.13. The second-order valence-corrected chi connectivity index (χ2v) is 3.42. The van der Waals surface area contributed by atoms with Crippen molar-refractivity contribution in [2.45, 2.75) is 12.5 Å². The van der Waals surface area contributed by atoms with Crippen LogP contribution in [-0.4, -0.2) is 4.98 Å². The molecule has 1 aromatic heterocycles. The highest BCUT2D eigenvalue weighted by Gasteiger charge is 2.06. The van der Waals surface area contributed by atoms with Gasteiger partial charge in [0.25, 0.3) is 0 Å². The minimum absolute atomic E-state index is 0.0624. The van der Waals surface area contributed by atoms with E-state index in [2.05, 4.69) is 17.1 Å². The van der Waals surface area contributed by atoms with Crippen molar-refractivity contribution in [1.29, 1.82) is 0 Å². The van der Waals surface area contributed by atoms with Crippen LogP contribution in [0.25, 0.3) is 0 Å². The SMILES string of the molecule is NC(Cc1ccccc1)c1ccc[nH]1. The van der Waals surface area contributed by atoms with E-state index in [1.807, 2.05) is 36.5 Å². The fourth-order valence-electron chi connectivity index (χ4n) is 1.55. The number of hydrogen-bond acceptors (Lipinski definition) is 1. The van der Waals surface area contributed by atoms with Crippen molar-refractivity contribution in [1.82, 2.24) is 4.98 Å². The van der Waals surface area contributed by atoms with Gasteiger partial charge >= 0.3 is 0 Å². The molecule has 0 bridgehead atoms. The Kier molecular flexibility index (Phi) is 2.65. The van der Waals surface area contributed by atoms with Gasteiger partial charge in [0.05, 0.1) is 0 Å². The van der Waals surface area contributed by atoms with Crippen LogP contribution in [0.1, 0.15) is 17.3 Å². The maximum absolute atomic E-state index is 6.04. The summed E-state index contributed by atoms with van der Waals surface area (Å²) in [6.07, 6.45) is 2.78. The van der Waals surface area contributed by atoms with Gasteiger partial charge in [0.2, 0.25) is 0 Å². The molecular weight excluding hydrogens is 172 g/mol. The van der Waals surface area contributed by atoms with Gasteiger partial charge in [-0.2, -0.15) is 0 Å². The van der Waals surface area contributed by atoms with Gasteiger partial charge in [-0.05, 0) is 24.1 Å². The maximum atomic E-state index is 6.04. The highest BCUT2D eigenvalue weighted by molar-refractivity contribution is 5.19. The molecule has 14 heavy (non-hydrogen) atoms. The van der Waals surface area contributed by atoms with E-state index in [0.717, 1.165) is 12.1 Å². The van der Waals surface area contributed by atoms with Crippen LogP contribution in [-0.2, 0) is 6.42 Å². The summed E-state index contributed by atoms with van der Waals surface area (Å²) in [5, 5.41) is 0. The van der Waals surface area contributed by atoms with E-state index in [-0.39, 0.29) is 6.04 Å². The molecule has 0 saturated carbocycles. The molecule has 1 atom stereocenters. The number of rotatable bonds is 3. The first-order chi connectivity index (χ1) is 6.86. The Hall–Kier alpha value is -1.54. The van der Waals surface area contributed by atoms with E-state index >= 15 is 0 Å². The maximum Gasteiger partial charge on any atom is 0.0488 e. The molecule has 0 aliphatic rings. The topological polar surface area (TPSA) is 41.8 Å². The summed E-state index contributed by atoms with van der Waals surface area (Å²) >= 11 is 0. The van der Waals surface area contributed by atoms with E-state index in [1.54, 1.807) is 0 Å². The summed E-state index contributed by atoms with van der Waals surface area (Å²) < 4.78 is 0. The van der Waals surface area contributed by atoms with Crippen LogP contribution in [0.15, 0.2) is 48.7 Å². The van der Waals surface area contributed by atoms with Gasteiger partial charge in [-0.3, -0.25) is 0 Å². The predicted molar refractivity (Wildman–Crippen MR) is 57.9 cm³/mol. The summed E-state index contributed by atoms with van der Waals surface area (Å²) in [6.45, 7) is 0. The van der Waals surface area contributed by atoms with E-state index in [0.29, 0.717) is 0 Å². The molecule has 2 aromatic rings. The minimum atomic E-state index is 0.0624. The zero-order valence-electron chi connectivity index (χ0n) is 7.98. The predicted octanol–water partition coefficient (Wildman–Crippen LogP) is 2.26. The molecule has 0 amide bonds. The van der Waals surface area contributed by atoms with Gasteiger partial charge in [-0.15, -0.1) is 0 Å². The molecule has 1 unspecified atom stereocenters. The Morgan fingerprint density at radius 3 is 2.50 bits per heavy atom. The summed E-state index contributed by atoms with van der Waals surface area (Å²) in [6, 6.07) is 14.4. The average molecular weight is 186 g/mol. The van der Waals surface area contributed by atoms with Gasteiger partial charge in [0.15, 0.2) is 0 Å². The lowest BCUT2D eigenvalue weighted by Gasteiger charge is -2.09. The minimum Gasteiger partial charge on any atom is -0.364 e. The van der Waals surface area contributed by atoms with Crippen molar-refractivity contribution >= 4 is 0 Å². The number of aromatic amines is 1. The van der Waals surface area contributed by atoms with Gasteiger partial charge in [-0.25, -0.2) is 0 Å². The summed E-state index contributed by atoms with van der Waals surface area (Å²) in [5.74, 6) is 0. The third kappa shape index (κ3) is 2.03. The van der Waals surface area contributed by atoms with Crippen LogP contribution in [0, 0.1) is 0 Å². The molecule has 1 aromatic carbocycles. The Labute approximate surface area is 83.8 Å². The molecule has 1 heterocycles. The van der Waals surface area contributed by atoms with Crippen LogP contribution in [0.3, 0.4) is 0 Å². The van der Waals surface area contributed by atoms with Crippen LogP contribution in [0.4, 0.5) is 0 Å². The van der Waals surface area contributed by atoms with Crippen molar-refractivity contribution in [3.8, 4) is 0 Å². The number of nitrogens with one attached hydrogen (secondary N) is 1. The van der Waals surface area contributed by atoms with E-state index in [1.165, 1.54) is 5.56 Å². The molecule has 0 fully saturated rings. The Balaban J connectivity index is 2.06. The average Bonchev–Trinajstić information content (AvgIpc) is 2.72. The monoisotopic (exact) mass is 186 g/mol. The molecule has 0 aliphatic carbocycles. The fraction of sp³-hybridized carbons (Fsp3) is 0.167. The largest absolute Gasteiger partial charge is 0.364 e. The third-order valence-corrected chi connectivity index (χ3v) is 2.32. The number of hydrogen-bond donors (Lipinski definition) is 2. The molecule has 2 nitrogen and oxygen atoms in total. The normalized spacial score (nSPS) is 12.6. The third-order valence-electron chi connectivity index (χ3n) is 2.32. The fourth-order valence-corrected chi connectivity index (χ4v) is 1.55. The second-order valence-electron chi connectivity index (χ2n) is 3.42. The summed E-state index contributed by atoms with van der Waals surface area (Å²) in [7, 11) is 0. The van der Waals surface area contributed by atoms with E-state index < -0.39 is 0 Å². The molecule has 0 spiro atoms. The molecule has 2 rings (SSSR count). The Bertz CT molecular complexity index is 364. The molecule has 3 N–H and O–H groups in total. The Morgan fingerprint density at radius 2 is 1.86 bits per heavy atom. The van der Waals surface area contributed by atoms with Crippen LogP contribution in [0.2, 0.25) is 0 Å². The first kappa shape index (κ1) is 9.03. The molecular formula is C12H14N2. The Morgan fingerprint density at radius 1 is 1.07 bits per heavy atom.